The Hall–Kier alpha value is -1.08. The van der Waals surface area contributed by atoms with Crippen LogP contribution in [-0.2, 0) is 28.5 Å². The lowest BCUT2D eigenvalue weighted by atomic mass is 9.59. The van der Waals surface area contributed by atoms with Crippen LogP contribution in [0.5, 0.6) is 0 Å². The summed E-state index contributed by atoms with van der Waals surface area (Å²) < 4.78 is 22.5. The van der Waals surface area contributed by atoms with E-state index in [4.69, 9.17) is 18.9 Å². The molecule has 1 saturated carbocycles. The van der Waals surface area contributed by atoms with Crippen LogP contribution in [0.2, 0.25) is 0 Å². The Kier molecular flexibility index (Phi) is 3.56. The first-order valence-corrected chi connectivity index (χ1v) is 7.44. The number of hydrogen-bond acceptors (Lipinski definition) is 6. The van der Waals surface area contributed by atoms with E-state index in [0.29, 0.717) is 12.0 Å². The number of ketones is 2. The molecular formula is C16H22O6. The van der Waals surface area contributed by atoms with E-state index < -0.39 is 23.4 Å². The van der Waals surface area contributed by atoms with E-state index in [-0.39, 0.29) is 23.6 Å². The molecule has 0 radical (unpaired) electrons. The first kappa shape index (κ1) is 15.8. The third-order valence-corrected chi connectivity index (χ3v) is 5.40. The van der Waals surface area contributed by atoms with Gasteiger partial charge in [-0.1, -0.05) is 6.08 Å². The normalized spacial score (nSPS) is 42.2. The number of methoxy groups -OCH3 is 3. The summed E-state index contributed by atoms with van der Waals surface area (Å²) in [7, 11) is 4.44. The molecule has 4 rings (SSSR count). The van der Waals surface area contributed by atoms with Gasteiger partial charge in [-0.05, 0) is 13.8 Å². The zero-order chi connectivity index (χ0) is 16.3. The second kappa shape index (κ2) is 4.96. The summed E-state index contributed by atoms with van der Waals surface area (Å²) in [5, 5.41) is 0. The zero-order valence-corrected chi connectivity index (χ0v) is 13.5. The van der Waals surface area contributed by atoms with Crippen LogP contribution < -0.4 is 0 Å². The maximum Gasteiger partial charge on any atom is 0.238 e. The van der Waals surface area contributed by atoms with Crippen LogP contribution in [0.15, 0.2) is 11.6 Å². The van der Waals surface area contributed by atoms with Gasteiger partial charge in [-0.25, -0.2) is 0 Å². The monoisotopic (exact) mass is 310 g/mol. The van der Waals surface area contributed by atoms with Crippen molar-refractivity contribution in [3.05, 3.63) is 11.6 Å². The lowest BCUT2D eigenvalue weighted by Gasteiger charge is -2.51. The van der Waals surface area contributed by atoms with E-state index in [1.807, 2.05) is 6.92 Å². The van der Waals surface area contributed by atoms with Gasteiger partial charge >= 0.3 is 0 Å². The smallest absolute Gasteiger partial charge is 0.238 e. The summed E-state index contributed by atoms with van der Waals surface area (Å²) in [5.74, 6) is -3.49. The molecule has 6 nitrogen and oxygen atoms in total. The Morgan fingerprint density at radius 2 is 1.91 bits per heavy atom. The Morgan fingerprint density at radius 3 is 2.41 bits per heavy atom. The predicted octanol–water partition coefficient (Wildman–Crippen LogP) is 1.09. The average Bonchev–Trinajstić information content (AvgIpc) is 2.86. The Morgan fingerprint density at radius 1 is 1.27 bits per heavy atom. The SMILES string of the molecule is COC1(C)C[C@@H]2[C@H](O1)[C@@H]1C(C(C)=O)=C[C@H]2C(=O)C1(OC)OC. The standard InChI is InChI=1S/C16H22O6/c1-8(17)9-6-10-11-7-15(2,19-3)22-13(11)12(9)16(20-4,21-5)14(10)18/h6,10-13H,7H2,1-5H3/t10-,11+,12+,13+,15?/m1/s1. The molecule has 2 bridgehead atoms. The minimum absolute atomic E-state index is 0.0241. The minimum Gasteiger partial charge on any atom is -0.353 e. The third-order valence-electron chi connectivity index (χ3n) is 5.40. The highest BCUT2D eigenvalue weighted by molar-refractivity contribution is 6.02. The maximum atomic E-state index is 12.9. The molecule has 2 fully saturated rings. The van der Waals surface area contributed by atoms with Gasteiger partial charge in [0.2, 0.25) is 5.79 Å². The summed E-state index contributed by atoms with van der Waals surface area (Å²) in [6, 6.07) is 0. The molecule has 1 aliphatic heterocycles. The maximum absolute atomic E-state index is 12.9. The van der Waals surface area contributed by atoms with E-state index in [9.17, 15) is 9.59 Å². The molecule has 0 N–H and O–H groups in total. The van der Waals surface area contributed by atoms with Gasteiger partial charge < -0.3 is 18.9 Å². The van der Waals surface area contributed by atoms with Crippen molar-refractivity contribution in [3.8, 4) is 0 Å². The minimum atomic E-state index is -1.46. The second-order valence-corrected chi connectivity index (χ2v) is 6.41. The van der Waals surface area contributed by atoms with Gasteiger partial charge in [-0.2, -0.15) is 0 Å². The number of carbonyl (C=O) groups is 2. The molecule has 0 spiro atoms. The number of allylic oxidation sites excluding steroid dienone is 1. The predicted molar refractivity (Wildman–Crippen MR) is 75.9 cm³/mol. The topological polar surface area (TPSA) is 71.1 Å². The molecule has 0 aromatic heterocycles. The van der Waals surface area contributed by atoms with Gasteiger partial charge in [0.1, 0.15) is 0 Å². The van der Waals surface area contributed by atoms with Crippen molar-refractivity contribution >= 4 is 11.6 Å². The molecule has 3 aliphatic carbocycles. The zero-order valence-electron chi connectivity index (χ0n) is 13.5. The molecule has 0 aromatic carbocycles. The molecule has 6 heteroatoms. The quantitative estimate of drug-likeness (QED) is 0.724. The van der Waals surface area contributed by atoms with E-state index in [1.165, 1.54) is 21.1 Å². The van der Waals surface area contributed by atoms with E-state index in [1.54, 1.807) is 13.2 Å². The number of ether oxygens (including phenoxy) is 4. The number of Topliss-reactive ketones (excluding diaryl/α,β-unsaturated/α-hetero) is 2. The molecule has 4 aliphatic rings. The van der Waals surface area contributed by atoms with Crippen molar-refractivity contribution in [2.45, 2.75) is 37.9 Å². The highest BCUT2D eigenvalue weighted by Crippen LogP contribution is 2.57. The number of hydrogen-bond donors (Lipinski definition) is 0. The number of fused-ring (bicyclic) bond motifs is 1. The fourth-order valence-electron chi connectivity index (χ4n) is 4.29. The van der Waals surface area contributed by atoms with Crippen molar-refractivity contribution in [2.75, 3.05) is 21.3 Å². The highest BCUT2D eigenvalue weighted by Gasteiger charge is 2.68. The third kappa shape index (κ3) is 1.81. The lowest BCUT2D eigenvalue weighted by molar-refractivity contribution is -0.273. The number of rotatable bonds is 4. The molecule has 0 amide bonds. The fourth-order valence-corrected chi connectivity index (χ4v) is 4.29. The van der Waals surface area contributed by atoms with Crippen molar-refractivity contribution in [2.24, 2.45) is 17.8 Å². The summed E-state index contributed by atoms with van der Waals surface area (Å²) in [6.07, 6.45) is 2.04. The summed E-state index contributed by atoms with van der Waals surface area (Å²) in [4.78, 5) is 24.9. The van der Waals surface area contributed by atoms with Crippen LogP contribution in [0.3, 0.4) is 0 Å². The van der Waals surface area contributed by atoms with Gasteiger partial charge in [0, 0.05) is 45.2 Å². The van der Waals surface area contributed by atoms with Crippen LogP contribution >= 0.6 is 0 Å². The van der Waals surface area contributed by atoms with Crippen molar-refractivity contribution in [1.82, 2.24) is 0 Å². The number of carbonyl (C=O) groups excluding carboxylic acids is 2. The highest BCUT2D eigenvalue weighted by atomic mass is 16.7. The molecule has 5 atom stereocenters. The fraction of sp³-hybridized carbons (Fsp3) is 0.750. The molecule has 0 aromatic rings. The first-order valence-electron chi connectivity index (χ1n) is 7.44. The van der Waals surface area contributed by atoms with Gasteiger partial charge in [-0.15, -0.1) is 0 Å². The van der Waals surface area contributed by atoms with E-state index >= 15 is 0 Å². The van der Waals surface area contributed by atoms with Crippen LogP contribution in [0.25, 0.3) is 0 Å². The molecule has 1 heterocycles. The van der Waals surface area contributed by atoms with Crippen molar-refractivity contribution in [1.29, 1.82) is 0 Å². The summed E-state index contributed by atoms with van der Waals surface area (Å²) in [5.41, 5.74) is 0.551. The van der Waals surface area contributed by atoms with E-state index in [2.05, 4.69) is 0 Å². The van der Waals surface area contributed by atoms with Crippen LogP contribution in [0.1, 0.15) is 20.3 Å². The summed E-state index contributed by atoms with van der Waals surface area (Å²) >= 11 is 0. The second-order valence-electron chi connectivity index (χ2n) is 6.41. The lowest BCUT2D eigenvalue weighted by Crippen LogP contribution is -2.65. The molecule has 122 valence electrons. The molecule has 1 unspecified atom stereocenters. The average molecular weight is 310 g/mol. The van der Waals surface area contributed by atoms with Gasteiger partial charge in [-0.3, -0.25) is 9.59 Å². The Labute approximate surface area is 129 Å². The van der Waals surface area contributed by atoms with Gasteiger partial charge in [0.05, 0.1) is 12.0 Å². The van der Waals surface area contributed by atoms with E-state index in [0.717, 1.165) is 0 Å². The van der Waals surface area contributed by atoms with Crippen molar-refractivity contribution < 1.29 is 28.5 Å². The largest absolute Gasteiger partial charge is 0.353 e. The Balaban J connectivity index is 2.12. The molecule has 1 saturated heterocycles. The Bertz CT molecular complexity index is 549. The molecule has 22 heavy (non-hydrogen) atoms. The van der Waals surface area contributed by atoms with Crippen molar-refractivity contribution in [3.63, 3.8) is 0 Å². The van der Waals surface area contributed by atoms with Crippen LogP contribution in [-0.4, -0.2) is 50.6 Å². The van der Waals surface area contributed by atoms with Crippen LogP contribution in [0.4, 0.5) is 0 Å². The van der Waals surface area contributed by atoms with Gasteiger partial charge in [0.15, 0.2) is 17.4 Å². The molecular weight excluding hydrogens is 288 g/mol. The van der Waals surface area contributed by atoms with Crippen LogP contribution in [0, 0.1) is 17.8 Å². The van der Waals surface area contributed by atoms with Gasteiger partial charge in [0.25, 0.3) is 0 Å². The summed E-state index contributed by atoms with van der Waals surface area (Å²) in [6.45, 7) is 3.34. The first-order chi connectivity index (χ1) is 10.3.